The number of nitrogens with zero attached hydrogens (tertiary/aromatic N) is 1. The Balaban J connectivity index is 2.40. The molecule has 1 N–H and O–H groups in total. The van der Waals surface area contributed by atoms with Crippen molar-refractivity contribution < 1.29 is 21.6 Å². The van der Waals surface area contributed by atoms with Gasteiger partial charge in [0.2, 0.25) is 10.0 Å². The van der Waals surface area contributed by atoms with Gasteiger partial charge in [-0.25, -0.2) is 16.8 Å². The predicted octanol–water partition coefficient (Wildman–Crippen LogP) is 3.37. The number of halogens is 1. The Morgan fingerprint density at radius 2 is 1.57 bits per heavy atom. The molecule has 0 aliphatic rings. The molecule has 10 heteroatoms. The van der Waals surface area contributed by atoms with Crippen LogP contribution in [0.25, 0.3) is 0 Å². The number of sulfonamides is 2. The van der Waals surface area contributed by atoms with E-state index in [2.05, 4.69) is 4.72 Å². The molecule has 2 rings (SSSR count). The summed E-state index contributed by atoms with van der Waals surface area (Å²) in [6, 6.07) is 9.34. The zero-order valence-electron chi connectivity index (χ0n) is 15.6. The van der Waals surface area contributed by atoms with E-state index in [0.717, 1.165) is 0 Å². The standard InChI is InChI=1S/C18H21ClN2O5S2/c1-4-21(5-2)28(25,26)18-12-15(8-11-17(18)19)20-27(23,24)16-9-6-14(7-10-16)13(3)22/h6-12,20H,4-5H2,1-3H3. The summed E-state index contributed by atoms with van der Waals surface area (Å²) in [6.07, 6.45) is 0. The summed E-state index contributed by atoms with van der Waals surface area (Å²) in [6.45, 7) is 5.30. The SMILES string of the molecule is CCN(CC)S(=O)(=O)c1cc(NS(=O)(=O)c2ccc(C(C)=O)cc2)ccc1Cl. The molecule has 0 spiro atoms. The van der Waals surface area contributed by atoms with E-state index in [9.17, 15) is 21.6 Å². The van der Waals surface area contributed by atoms with Crippen molar-refractivity contribution in [3.05, 3.63) is 53.1 Å². The van der Waals surface area contributed by atoms with Crippen LogP contribution in [0.4, 0.5) is 5.69 Å². The maximum absolute atomic E-state index is 12.7. The molecule has 2 aromatic carbocycles. The summed E-state index contributed by atoms with van der Waals surface area (Å²) in [7, 11) is -7.84. The number of nitrogens with one attached hydrogen (secondary N) is 1. The van der Waals surface area contributed by atoms with Gasteiger partial charge in [-0.2, -0.15) is 4.31 Å². The molecule has 152 valence electrons. The van der Waals surface area contributed by atoms with Crippen molar-refractivity contribution in [3.8, 4) is 0 Å². The normalized spacial score (nSPS) is 12.2. The first-order valence-electron chi connectivity index (χ1n) is 8.46. The van der Waals surface area contributed by atoms with Crippen molar-refractivity contribution in [2.75, 3.05) is 17.8 Å². The van der Waals surface area contributed by atoms with Crippen molar-refractivity contribution in [1.29, 1.82) is 0 Å². The van der Waals surface area contributed by atoms with Gasteiger partial charge in [0, 0.05) is 18.7 Å². The summed E-state index contributed by atoms with van der Waals surface area (Å²) in [5, 5.41) is 0.000610. The van der Waals surface area contributed by atoms with Crippen LogP contribution in [0, 0.1) is 0 Å². The van der Waals surface area contributed by atoms with Crippen LogP contribution in [0.5, 0.6) is 0 Å². The molecule has 28 heavy (non-hydrogen) atoms. The number of Topliss-reactive ketones (excluding diaryl/α,β-unsaturated/α-hetero) is 1. The average Bonchev–Trinajstić information content (AvgIpc) is 2.63. The minimum atomic E-state index is -3.98. The van der Waals surface area contributed by atoms with Crippen LogP contribution in [-0.2, 0) is 20.0 Å². The molecule has 0 fully saturated rings. The Labute approximate surface area is 170 Å². The predicted molar refractivity (Wildman–Crippen MR) is 109 cm³/mol. The quantitative estimate of drug-likeness (QED) is 0.629. The summed E-state index contributed by atoms with van der Waals surface area (Å²) in [4.78, 5) is 11.1. The second kappa shape index (κ2) is 8.60. The number of carbonyl (C=O) groups is 1. The van der Waals surface area contributed by atoms with Gasteiger partial charge < -0.3 is 0 Å². The lowest BCUT2D eigenvalue weighted by Crippen LogP contribution is -2.30. The Kier molecular flexibility index (Phi) is 6.87. The van der Waals surface area contributed by atoms with Gasteiger partial charge in [-0.1, -0.05) is 37.6 Å². The number of rotatable bonds is 8. The molecule has 2 aromatic rings. The molecule has 0 aliphatic carbocycles. The van der Waals surface area contributed by atoms with Crippen LogP contribution in [0.2, 0.25) is 5.02 Å². The second-order valence-corrected chi connectivity index (χ2v) is 9.92. The number of hydrogen-bond donors (Lipinski definition) is 1. The van der Waals surface area contributed by atoms with Gasteiger partial charge in [0.1, 0.15) is 4.90 Å². The molecule has 7 nitrogen and oxygen atoms in total. The minimum absolute atomic E-state index is 0.000610. The fourth-order valence-corrected chi connectivity index (χ4v) is 5.56. The van der Waals surface area contributed by atoms with Crippen LogP contribution in [0.15, 0.2) is 52.3 Å². The third-order valence-electron chi connectivity index (χ3n) is 4.08. The van der Waals surface area contributed by atoms with Crippen molar-refractivity contribution >= 4 is 43.1 Å². The second-order valence-electron chi connectivity index (χ2n) is 5.92. The first-order valence-corrected chi connectivity index (χ1v) is 11.8. The Morgan fingerprint density at radius 3 is 2.07 bits per heavy atom. The highest BCUT2D eigenvalue weighted by atomic mass is 35.5. The van der Waals surface area contributed by atoms with Gasteiger partial charge >= 0.3 is 0 Å². The zero-order chi connectivity index (χ0) is 21.1. The van der Waals surface area contributed by atoms with Gasteiger partial charge in [-0.05, 0) is 37.3 Å². The maximum Gasteiger partial charge on any atom is 0.261 e. The maximum atomic E-state index is 12.7. The van der Waals surface area contributed by atoms with Gasteiger partial charge in [-0.3, -0.25) is 9.52 Å². The average molecular weight is 445 g/mol. The highest BCUT2D eigenvalue weighted by molar-refractivity contribution is 7.92. The van der Waals surface area contributed by atoms with Crippen molar-refractivity contribution in [3.63, 3.8) is 0 Å². The first kappa shape index (κ1) is 22.4. The summed E-state index contributed by atoms with van der Waals surface area (Å²) in [5.41, 5.74) is 0.448. The third kappa shape index (κ3) is 4.72. The lowest BCUT2D eigenvalue weighted by atomic mass is 10.2. The summed E-state index contributed by atoms with van der Waals surface area (Å²) >= 11 is 6.06. The molecule has 0 saturated carbocycles. The monoisotopic (exact) mass is 444 g/mol. The summed E-state index contributed by atoms with van der Waals surface area (Å²) in [5.74, 6) is -0.180. The Hall–Kier alpha value is -1.94. The van der Waals surface area contributed by atoms with Crippen LogP contribution in [0.1, 0.15) is 31.1 Å². The molecule has 0 atom stereocenters. The topological polar surface area (TPSA) is 101 Å². The van der Waals surface area contributed by atoms with E-state index in [-0.39, 0.29) is 39.4 Å². The van der Waals surface area contributed by atoms with Crippen molar-refractivity contribution in [2.24, 2.45) is 0 Å². The van der Waals surface area contributed by atoms with Crippen molar-refractivity contribution in [1.82, 2.24) is 4.31 Å². The molecular formula is C18H21ClN2O5S2. The highest BCUT2D eigenvalue weighted by Crippen LogP contribution is 2.29. The van der Waals surface area contributed by atoms with E-state index >= 15 is 0 Å². The van der Waals surface area contributed by atoms with E-state index in [0.29, 0.717) is 5.56 Å². The van der Waals surface area contributed by atoms with Crippen LogP contribution >= 0.6 is 11.6 Å². The van der Waals surface area contributed by atoms with E-state index in [1.165, 1.54) is 53.7 Å². The van der Waals surface area contributed by atoms with Crippen LogP contribution < -0.4 is 4.72 Å². The van der Waals surface area contributed by atoms with Gasteiger partial charge in [0.25, 0.3) is 10.0 Å². The fourth-order valence-electron chi connectivity index (χ4n) is 2.55. The first-order chi connectivity index (χ1) is 13.0. The fraction of sp³-hybridized carbons (Fsp3) is 0.278. The lowest BCUT2D eigenvalue weighted by molar-refractivity contribution is 0.101. The number of hydrogen-bond acceptors (Lipinski definition) is 5. The number of benzene rings is 2. The molecule has 0 saturated heterocycles. The van der Waals surface area contributed by atoms with E-state index < -0.39 is 20.0 Å². The van der Waals surface area contributed by atoms with Gasteiger partial charge in [0.15, 0.2) is 5.78 Å². The van der Waals surface area contributed by atoms with Crippen LogP contribution in [-0.4, -0.2) is 40.0 Å². The number of carbonyl (C=O) groups excluding carboxylic acids is 1. The summed E-state index contributed by atoms with van der Waals surface area (Å²) < 4.78 is 54.2. The zero-order valence-corrected chi connectivity index (χ0v) is 18.0. The minimum Gasteiger partial charge on any atom is -0.295 e. The molecule has 0 aromatic heterocycles. The van der Waals surface area contributed by atoms with Crippen LogP contribution in [0.3, 0.4) is 0 Å². The Bertz CT molecular complexity index is 1080. The number of ketones is 1. The molecule has 0 aliphatic heterocycles. The smallest absolute Gasteiger partial charge is 0.261 e. The molecule has 0 heterocycles. The van der Waals surface area contributed by atoms with Gasteiger partial charge in [-0.15, -0.1) is 0 Å². The Morgan fingerprint density at radius 1 is 1.00 bits per heavy atom. The highest BCUT2D eigenvalue weighted by Gasteiger charge is 2.25. The third-order valence-corrected chi connectivity index (χ3v) is 8.01. The van der Waals surface area contributed by atoms with Gasteiger partial charge in [0.05, 0.1) is 15.6 Å². The lowest BCUT2D eigenvalue weighted by Gasteiger charge is -2.20. The molecule has 0 radical (unpaired) electrons. The largest absolute Gasteiger partial charge is 0.295 e. The van der Waals surface area contributed by atoms with E-state index in [1.807, 2.05) is 0 Å². The number of anilines is 1. The molecule has 0 amide bonds. The van der Waals surface area contributed by atoms with E-state index in [1.54, 1.807) is 13.8 Å². The molecule has 0 bridgehead atoms. The van der Waals surface area contributed by atoms with Crippen molar-refractivity contribution in [2.45, 2.75) is 30.6 Å². The van der Waals surface area contributed by atoms with E-state index in [4.69, 9.17) is 11.6 Å². The molecular weight excluding hydrogens is 424 g/mol. The molecule has 0 unspecified atom stereocenters.